The number of hydrogen-bond acceptors (Lipinski definition) is 4. The number of methoxy groups -OCH3 is 1. The number of ether oxygens (including phenoxy) is 1. The third kappa shape index (κ3) is 4.06. The molecule has 0 fully saturated rings. The number of pyridine rings is 1. The summed E-state index contributed by atoms with van der Waals surface area (Å²) in [7, 11) is 3.44. The van der Waals surface area contributed by atoms with Gasteiger partial charge in [0.05, 0.1) is 24.6 Å². The van der Waals surface area contributed by atoms with Gasteiger partial charge in [0.1, 0.15) is 5.75 Å². The number of aromatic nitrogens is 3. The maximum atomic E-state index is 12.4. The zero-order chi connectivity index (χ0) is 17.8. The number of halogens is 1. The summed E-state index contributed by atoms with van der Waals surface area (Å²) >= 11 is 3.39. The fourth-order valence-corrected chi connectivity index (χ4v) is 2.76. The topological polar surface area (TPSA) is 69.0 Å². The van der Waals surface area contributed by atoms with E-state index in [0.29, 0.717) is 17.9 Å². The van der Waals surface area contributed by atoms with E-state index in [0.717, 1.165) is 21.3 Å². The lowest BCUT2D eigenvalue weighted by atomic mass is 10.1. The maximum absolute atomic E-state index is 12.4. The predicted octanol–water partition coefficient (Wildman–Crippen LogP) is 3.18. The number of aryl methyl sites for hydroxylation is 1. The van der Waals surface area contributed by atoms with Gasteiger partial charge in [0.2, 0.25) is 0 Å². The Hall–Kier alpha value is -2.67. The smallest absolute Gasteiger partial charge is 0.252 e. The number of nitrogens with one attached hydrogen (secondary N) is 1. The van der Waals surface area contributed by atoms with Crippen LogP contribution in [0, 0.1) is 0 Å². The van der Waals surface area contributed by atoms with Crippen molar-refractivity contribution in [2.45, 2.75) is 6.54 Å². The van der Waals surface area contributed by atoms with E-state index in [-0.39, 0.29) is 5.91 Å². The van der Waals surface area contributed by atoms with E-state index in [1.807, 2.05) is 25.4 Å². The third-order valence-electron chi connectivity index (χ3n) is 3.70. The molecule has 2 aromatic heterocycles. The number of nitrogens with zero attached hydrogens (tertiary/aromatic N) is 3. The van der Waals surface area contributed by atoms with Crippen molar-refractivity contribution >= 4 is 21.8 Å². The molecule has 3 rings (SSSR count). The molecule has 128 valence electrons. The average molecular weight is 401 g/mol. The Morgan fingerprint density at radius 3 is 2.76 bits per heavy atom. The van der Waals surface area contributed by atoms with Gasteiger partial charge >= 0.3 is 0 Å². The number of amides is 1. The standard InChI is InChI=1S/C18H17BrN4O2/c1-23-11-13(10-22-23)17-6-3-12(8-20-17)9-21-18(24)15-7-14(25-2)4-5-16(15)19/h3-8,10-11H,9H2,1-2H3,(H,21,24). The molecular formula is C18H17BrN4O2. The van der Waals surface area contributed by atoms with E-state index in [1.54, 1.807) is 42.4 Å². The number of carbonyl (C=O) groups is 1. The quantitative estimate of drug-likeness (QED) is 0.713. The second-order valence-electron chi connectivity index (χ2n) is 5.48. The highest BCUT2D eigenvalue weighted by atomic mass is 79.9. The summed E-state index contributed by atoms with van der Waals surface area (Å²) in [6.07, 6.45) is 5.43. The molecule has 1 N–H and O–H groups in total. The minimum Gasteiger partial charge on any atom is -0.497 e. The van der Waals surface area contributed by atoms with Crippen molar-refractivity contribution in [2.75, 3.05) is 7.11 Å². The molecule has 2 heterocycles. The molecule has 0 saturated heterocycles. The van der Waals surface area contributed by atoms with Crippen LogP contribution in [0.2, 0.25) is 0 Å². The minimum atomic E-state index is -0.179. The highest BCUT2D eigenvalue weighted by Gasteiger charge is 2.11. The second kappa shape index (κ2) is 7.48. The molecule has 0 atom stereocenters. The molecular weight excluding hydrogens is 384 g/mol. The van der Waals surface area contributed by atoms with E-state index in [2.05, 4.69) is 31.3 Å². The van der Waals surface area contributed by atoms with Gasteiger partial charge in [-0.15, -0.1) is 0 Å². The summed E-state index contributed by atoms with van der Waals surface area (Å²) in [6, 6.07) is 9.14. The normalized spacial score (nSPS) is 10.5. The van der Waals surface area contributed by atoms with Crippen LogP contribution in [-0.4, -0.2) is 27.8 Å². The number of rotatable bonds is 5. The first kappa shape index (κ1) is 17.2. The largest absolute Gasteiger partial charge is 0.497 e. The summed E-state index contributed by atoms with van der Waals surface area (Å²) in [5.74, 6) is 0.456. The molecule has 0 aliphatic carbocycles. The van der Waals surface area contributed by atoms with Crippen LogP contribution in [0.4, 0.5) is 0 Å². The number of hydrogen-bond donors (Lipinski definition) is 1. The molecule has 0 unspecified atom stereocenters. The van der Waals surface area contributed by atoms with Crippen LogP contribution in [0.15, 0.2) is 53.4 Å². The monoisotopic (exact) mass is 400 g/mol. The van der Waals surface area contributed by atoms with Crippen molar-refractivity contribution < 1.29 is 9.53 Å². The molecule has 6 nitrogen and oxygen atoms in total. The lowest BCUT2D eigenvalue weighted by molar-refractivity contribution is 0.0949. The summed E-state index contributed by atoms with van der Waals surface area (Å²) < 4.78 is 7.61. The Morgan fingerprint density at radius 1 is 1.28 bits per heavy atom. The van der Waals surface area contributed by atoms with Crippen LogP contribution in [0.25, 0.3) is 11.3 Å². The zero-order valence-electron chi connectivity index (χ0n) is 13.9. The van der Waals surface area contributed by atoms with Gasteiger partial charge in [0.25, 0.3) is 5.91 Å². The molecule has 0 radical (unpaired) electrons. The molecule has 0 aliphatic rings. The van der Waals surface area contributed by atoms with Gasteiger partial charge in [-0.2, -0.15) is 5.10 Å². The molecule has 7 heteroatoms. The summed E-state index contributed by atoms with van der Waals surface area (Å²) in [5.41, 5.74) is 3.25. The molecule has 25 heavy (non-hydrogen) atoms. The van der Waals surface area contributed by atoms with Gasteiger partial charge in [0, 0.05) is 36.0 Å². The molecule has 3 aromatic rings. The lowest BCUT2D eigenvalue weighted by Crippen LogP contribution is -2.23. The summed E-state index contributed by atoms with van der Waals surface area (Å²) in [6.45, 7) is 0.392. The first-order valence-corrected chi connectivity index (χ1v) is 8.42. The highest BCUT2D eigenvalue weighted by Crippen LogP contribution is 2.22. The van der Waals surface area contributed by atoms with E-state index >= 15 is 0 Å². The van der Waals surface area contributed by atoms with Crippen LogP contribution in [0.5, 0.6) is 5.75 Å². The molecule has 0 saturated carbocycles. The molecule has 1 amide bonds. The average Bonchev–Trinajstić information content (AvgIpc) is 3.07. The van der Waals surface area contributed by atoms with Crippen LogP contribution < -0.4 is 10.1 Å². The van der Waals surface area contributed by atoms with Gasteiger partial charge < -0.3 is 10.1 Å². The molecule has 0 bridgehead atoms. The van der Waals surface area contributed by atoms with Gasteiger partial charge in [-0.25, -0.2) is 0 Å². The van der Waals surface area contributed by atoms with Gasteiger partial charge in [-0.05, 0) is 45.8 Å². The Morgan fingerprint density at radius 2 is 2.12 bits per heavy atom. The Bertz CT molecular complexity index is 890. The first-order valence-electron chi connectivity index (χ1n) is 7.62. The van der Waals surface area contributed by atoms with Crippen molar-refractivity contribution in [1.82, 2.24) is 20.1 Å². The Kier molecular flexibility index (Phi) is 5.14. The fraction of sp³-hybridized carbons (Fsp3) is 0.167. The van der Waals surface area contributed by atoms with Gasteiger partial charge in [-0.1, -0.05) is 6.07 Å². The van der Waals surface area contributed by atoms with E-state index in [1.165, 1.54) is 0 Å². The van der Waals surface area contributed by atoms with E-state index in [4.69, 9.17) is 4.74 Å². The first-order chi connectivity index (χ1) is 12.1. The summed E-state index contributed by atoms with van der Waals surface area (Å²) in [4.78, 5) is 16.8. The van der Waals surface area contributed by atoms with Gasteiger partial charge in [-0.3, -0.25) is 14.5 Å². The third-order valence-corrected chi connectivity index (χ3v) is 4.39. The summed E-state index contributed by atoms with van der Waals surface area (Å²) in [5, 5.41) is 7.03. The zero-order valence-corrected chi connectivity index (χ0v) is 15.4. The van der Waals surface area contributed by atoms with Crippen molar-refractivity contribution in [3.05, 3.63) is 64.5 Å². The maximum Gasteiger partial charge on any atom is 0.252 e. The van der Waals surface area contributed by atoms with Crippen LogP contribution in [0.3, 0.4) is 0 Å². The minimum absolute atomic E-state index is 0.179. The Labute approximate surface area is 154 Å². The van der Waals surface area contributed by atoms with Crippen molar-refractivity contribution in [2.24, 2.45) is 7.05 Å². The molecule has 0 aliphatic heterocycles. The molecule has 0 spiro atoms. The predicted molar refractivity (Wildman–Crippen MR) is 98.3 cm³/mol. The van der Waals surface area contributed by atoms with E-state index in [9.17, 15) is 4.79 Å². The lowest BCUT2D eigenvalue weighted by Gasteiger charge is -2.09. The van der Waals surface area contributed by atoms with Crippen LogP contribution in [0.1, 0.15) is 15.9 Å². The number of benzene rings is 1. The van der Waals surface area contributed by atoms with Crippen LogP contribution >= 0.6 is 15.9 Å². The Balaban J connectivity index is 1.66. The van der Waals surface area contributed by atoms with Crippen molar-refractivity contribution in [1.29, 1.82) is 0 Å². The van der Waals surface area contributed by atoms with Crippen molar-refractivity contribution in [3.63, 3.8) is 0 Å². The van der Waals surface area contributed by atoms with Crippen LogP contribution in [-0.2, 0) is 13.6 Å². The van der Waals surface area contributed by atoms with E-state index < -0.39 is 0 Å². The van der Waals surface area contributed by atoms with Crippen molar-refractivity contribution in [3.8, 4) is 17.0 Å². The van der Waals surface area contributed by atoms with Gasteiger partial charge in [0.15, 0.2) is 0 Å². The fourth-order valence-electron chi connectivity index (χ4n) is 2.34. The second-order valence-corrected chi connectivity index (χ2v) is 6.34. The SMILES string of the molecule is COc1ccc(Br)c(C(=O)NCc2ccc(-c3cnn(C)c3)nc2)c1. The molecule has 1 aromatic carbocycles. The number of carbonyl (C=O) groups excluding carboxylic acids is 1. The highest BCUT2D eigenvalue weighted by molar-refractivity contribution is 9.10.